The minimum Gasteiger partial charge on any atom is -0.281 e. The molecule has 0 bridgehead atoms. The Balaban J connectivity index is 2.08. The number of hydrogen-bond donors (Lipinski definition) is 2. The third kappa shape index (κ3) is 1.21. The molecule has 2 aromatic heterocycles. The zero-order valence-electron chi connectivity index (χ0n) is 7.46. The summed E-state index contributed by atoms with van der Waals surface area (Å²) in [7, 11) is 0. The van der Waals surface area contributed by atoms with Crippen LogP contribution in [0.3, 0.4) is 0 Å². The second-order valence-corrected chi connectivity index (χ2v) is 3.47. The second kappa shape index (κ2) is 2.59. The molecule has 8 heteroatoms. The predicted octanol–water partition coefficient (Wildman–Crippen LogP) is 0.324. The van der Waals surface area contributed by atoms with Crippen molar-refractivity contribution in [2.45, 2.75) is 18.8 Å². The third-order valence-corrected chi connectivity index (χ3v) is 2.38. The quantitative estimate of drug-likeness (QED) is 0.713. The monoisotopic (exact) mass is 212 g/mol. The highest BCUT2D eigenvalue weighted by atomic mass is 19.3. The first-order valence-corrected chi connectivity index (χ1v) is 4.33. The number of tetrazole rings is 1. The minimum absolute atomic E-state index is 0.241. The van der Waals surface area contributed by atoms with Gasteiger partial charge in [0.05, 0.1) is 6.42 Å². The average molecular weight is 212 g/mol. The van der Waals surface area contributed by atoms with Gasteiger partial charge in [0, 0.05) is 17.7 Å². The van der Waals surface area contributed by atoms with Gasteiger partial charge in [-0.2, -0.15) is 10.3 Å². The summed E-state index contributed by atoms with van der Waals surface area (Å²) in [6.07, 6.45) is -0.615. The Kier molecular flexibility index (Phi) is 1.46. The molecule has 1 aliphatic carbocycles. The Morgan fingerprint density at radius 2 is 2.07 bits per heavy atom. The fraction of sp³-hybridized carbons (Fsp3) is 0.429. The highest BCUT2D eigenvalue weighted by Crippen LogP contribution is 2.37. The van der Waals surface area contributed by atoms with E-state index in [0.717, 1.165) is 0 Å². The van der Waals surface area contributed by atoms with Crippen LogP contribution in [0.1, 0.15) is 11.3 Å². The van der Waals surface area contributed by atoms with Crippen molar-refractivity contribution in [3.8, 4) is 11.5 Å². The number of halogens is 2. The molecule has 2 heterocycles. The average Bonchev–Trinajstić information content (AvgIpc) is 2.77. The number of rotatable bonds is 1. The van der Waals surface area contributed by atoms with Gasteiger partial charge in [-0.05, 0) is 5.21 Å². The van der Waals surface area contributed by atoms with Crippen molar-refractivity contribution in [2.24, 2.45) is 0 Å². The molecule has 0 saturated carbocycles. The molecule has 78 valence electrons. The lowest BCUT2D eigenvalue weighted by Gasteiger charge is -2.05. The largest absolute Gasteiger partial charge is 0.281 e. The molecule has 6 nitrogen and oxygen atoms in total. The lowest BCUT2D eigenvalue weighted by Crippen LogP contribution is -2.15. The topological polar surface area (TPSA) is 83.1 Å². The number of hydrogen-bond acceptors (Lipinski definition) is 4. The van der Waals surface area contributed by atoms with Gasteiger partial charge in [-0.15, -0.1) is 10.2 Å². The first-order valence-electron chi connectivity index (χ1n) is 4.33. The van der Waals surface area contributed by atoms with Crippen LogP contribution >= 0.6 is 0 Å². The lowest BCUT2D eigenvalue weighted by molar-refractivity contribution is 0.0122. The highest BCUT2D eigenvalue weighted by molar-refractivity contribution is 5.57. The Hall–Kier alpha value is -1.86. The van der Waals surface area contributed by atoms with Crippen LogP contribution < -0.4 is 0 Å². The van der Waals surface area contributed by atoms with Crippen LogP contribution in [0.5, 0.6) is 0 Å². The standard InChI is InChI=1S/C7H6F2N6/c8-7(9)1-3-4(2-7)10-11-5(3)6-12-14-15-13-6/h1-2H2,(H,10,11)(H,12,13,14,15). The van der Waals surface area contributed by atoms with Gasteiger partial charge in [0.1, 0.15) is 5.69 Å². The molecular formula is C7H6F2N6. The van der Waals surface area contributed by atoms with Gasteiger partial charge in [0.15, 0.2) is 0 Å². The Bertz CT molecular complexity index is 488. The van der Waals surface area contributed by atoms with E-state index in [1.54, 1.807) is 0 Å². The highest BCUT2D eigenvalue weighted by Gasteiger charge is 2.41. The van der Waals surface area contributed by atoms with E-state index in [0.29, 0.717) is 17.0 Å². The molecule has 0 aliphatic heterocycles. The van der Waals surface area contributed by atoms with Crippen LogP contribution in [-0.2, 0) is 12.8 Å². The molecule has 0 radical (unpaired) electrons. The normalized spacial score (nSPS) is 18.0. The first kappa shape index (κ1) is 8.45. The number of nitrogens with zero attached hydrogens (tertiary/aromatic N) is 4. The molecule has 0 unspecified atom stereocenters. The van der Waals surface area contributed by atoms with Crippen LogP contribution in [0.4, 0.5) is 8.78 Å². The molecule has 1 aliphatic rings. The zero-order chi connectivity index (χ0) is 10.5. The van der Waals surface area contributed by atoms with Crippen LogP contribution in [0.25, 0.3) is 11.5 Å². The van der Waals surface area contributed by atoms with E-state index in [4.69, 9.17) is 0 Å². The van der Waals surface area contributed by atoms with Crippen LogP contribution in [0, 0.1) is 0 Å². The molecule has 2 N–H and O–H groups in total. The maximum Gasteiger partial charge on any atom is 0.257 e. The van der Waals surface area contributed by atoms with Crippen molar-refractivity contribution in [1.82, 2.24) is 30.8 Å². The van der Waals surface area contributed by atoms with E-state index < -0.39 is 5.92 Å². The summed E-state index contributed by atoms with van der Waals surface area (Å²) >= 11 is 0. The van der Waals surface area contributed by atoms with Crippen LogP contribution in [0.15, 0.2) is 0 Å². The van der Waals surface area contributed by atoms with Gasteiger partial charge in [0.2, 0.25) is 5.82 Å². The maximum absolute atomic E-state index is 13.1. The number of H-pyrrole nitrogens is 2. The van der Waals surface area contributed by atoms with Crippen molar-refractivity contribution in [3.05, 3.63) is 11.3 Å². The molecule has 15 heavy (non-hydrogen) atoms. The fourth-order valence-electron chi connectivity index (χ4n) is 1.76. The number of fused-ring (bicyclic) bond motifs is 1. The lowest BCUT2D eigenvalue weighted by atomic mass is 10.2. The number of aromatic nitrogens is 6. The molecule has 3 rings (SSSR count). The second-order valence-electron chi connectivity index (χ2n) is 3.47. The Labute approximate surface area is 82.1 Å². The third-order valence-electron chi connectivity index (χ3n) is 2.38. The van der Waals surface area contributed by atoms with Crippen molar-refractivity contribution < 1.29 is 8.78 Å². The summed E-state index contributed by atoms with van der Waals surface area (Å²) in [6, 6.07) is 0. The maximum atomic E-state index is 13.1. The summed E-state index contributed by atoms with van der Waals surface area (Å²) in [6.45, 7) is 0. The van der Waals surface area contributed by atoms with E-state index in [2.05, 4.69) is 30.8 Å². The molecule has 0 saturated heterocycles. The summed E-state index contributed by atoms with van der Waals surface area (Å²) in [5.74, 6) is -2.45. The van der Waals surface area contributed by atoms with E-state index >= 15 is 0 Å². The van der Waals surface area contributed by atoms with E-state index in [1.165, 1.54) is 0 Å². The van der Waals surface area contributed by atoms with Gasteiger partial charge in [-0.3, -0.25) is 5.10 Å². The van der Waals surface area contributed by atoms with Gasteiger partial charge >= 0.3 is 0 Å². The molecule has 0 amide bonds. The smallest absolute Gasteiger partial charge is 0.257 e. The fourth-order valence-corrected chi connectivity index (χ4v) is 1.76. The van der Waals surface area contributed by atoms with Gasteiger partial charge in [0.25, 0.3) is 5.92 Å². The van der Waals surface area contributed by atoms with Gasteiger partial charge in [-0.1, -0.05) is 0 Å². The first-order chi connectivity index (χ1) is 7.16. The van der Waals surface area contributed by atoms with Crippen LogP contribution in [-0.4, -0.2) is 36.7 Å². The van der Waals surface area contributed by atoms with Gasteiger partial charge < -0.3 is 0 Å². The molecular weight excluding hydrogens is 206 g/mol. The number of aromatic amines is 2. The molecule has 0 fully saturated rings. The predicted molar refractivity (Wildman–Crippen MR) is 44.1 cm³/mol. The summed E-state index contributed by atoms with van der Waals surface area (Å²) < 4.78 is 26.2. The Morgan fingerprint density at radius 3 is 2.80 bits per heavy atom. The molecule has 2 aromatic rings. The van der Waals surface area contributed by atoms with Crippen molar-refractivity contribution in [2.75, 3.05) is 0 Å². The summed E-state index contributed by atoms with van der Waals surface area (Å²) in [5.41, 5.74) is 1.30. The summed E-state index contributed by atoms with van der Waals surface area (Å²) in [5, 5.41) is 19.5. The Morgan fingerprint density at radius 1 is 1.20 bits per heavy atom. The number of nitrogens with one attached hydrogen (secondary N) is 2. The van der Waals surface area contributed by atoms with E-state index in [9.17, 15) is 8.78 Å². The van der Waals surface area contributed by atoms with Crippen LogP contribution in [0.2, 0.25) is 0 Å². The molecule has 0 atom stereocenters. The molecule has 0 aromatic carbocycles. The zero-order valence-corrected chi connectivity index (χ0v) is 7.46. The van der Waals surface area contributed by atoms with Crippen molar-refractivity contribution in [1.29, 1.82) is 0 Å². The van der Waals surface area contributed by atoms with E-state index in [1.807, 2.05) is 0 Å². The van der Waals surface area contributed by atoms with Gasteiger partial charge in [-0.25, -0.2) is 8.78 Å². The SMILES string of the molecule is FC1(F)Cc2[nH]nc(-c3nn[nH]n3)c2C1. The number of alkyl halides is 2. The summed E-state index contributed by atoms with van der Waals surface area (Å²) in [4.78, 5) is 0. The molecule has 0 spiro atoms. The minimum atomic E-state index is -2.69. The van der Waals surface area contributed by atoms with Crippen molar-refractivity contribution >= 4 is 0 Å². The van der Waals surface area contributed by atoms with E-state index in [-0.39, 0.29) is 18.7 Å². The van der Waals surface area contributed by atoms with Crippen molar-refractivity contribution in [3.63, 3.8) is 0 Å².